The zero-order chi connectivity index (χ0) is 10.7. The molecule has 0 saturated heterocycles. The van der Waals surface area contributed by atoms with Crippen molar-refractivity contribution in [2.45, 2.75) is 32.7 Å². The summed E-state index contributed by atoms with van der Waals surface area (Å²) in [5.41, 5.74) is 0. The van der Waals surface area contributed by atoms with Crippen LogP contribution in [0.15, 0.2) is 16.7 Å². The second kappa shape index (κ2) is 4.57. The molecule has 0 fully saturated rings. The predicted molar refractivity (Wildman–Crippen MR) is 57.4 cm³/mol. The van der Waals surface area contributed by atoms with Gasteiger partial charge in [0.05, 0.1) is 6.54 Å². The fourth-order valence-electron chi connectivity index (χ4n) is 1.59. The molecule has 15 heavy (non-hydrogen) atoms. The Bertz CT molecular complexity index is 343. The van der Waals surface area contributed by atoms with E-state index < -0.39 is 0 Å². The quantitative estimate of drug-likeness (QED) is 0.710. The molecule has 2 heterocycles. The molecule has 1 aliphatic rings. The number of rotatable bonds is 3. The minimum Gasteiger partial charge on any atom is -0.338 e. The van der Waals surface area contributed by atoms with Crippen molar-refractivity contribution in [1.82, 2.24) is 15.0 Å². The molecule has 0 spiro atoms. The molecular weight excluding hydrogens is 190 g/mol. The molecule has 1 aromatic heterocycles. The summed E-state index contributed by atoms with van der Waals surface area (Å²) in [6, 6.07) is 0. The second-order valence-electron chi connectivity index (χ2n) is 4.20. The van der Waals surface area contributed by atoms with Gasteiger partial charge in [-0.05, 0) is 6.42 Å². The molecule has 0 aromatic carbocycles. The normalized spacial score (nSPS) is 17.5. The van der Waals surface area contributed by atoms with Gasteiger partial charge in [-0.1, -0.05) is 31.2 Å². The molecule has 4 heteroatoms. The van der Waals surface area contributed by atoms with Crippen LogP contribution < -0.4 is 0 Å². The van der Waals surface area contributed by atoms with Crippen LogP contribution in [0, 0.1) is 0 Å². The van der Waals surface area contributed by atoms with Gasteiger partial charge in [0.15, 0.2) is 5.82 Å². The highest BCUT2D eigenvalue weighted by molar-refractivity contribution is 4.95. The van der Waals surface area contributed by atoms with Gasteiger partial charge in [0.25, 0.3) is 0 Å². The van der Waals surface area contributed by atoms with Crippen LogP contribution in [0.3, 0.4) is 0 Å². The van der Waals surface area contributed by atoms with Crippen LogP contribution in [-0.2, 0) is 6.54 Å². The molecule has 1 aromatic rings. The monoisotopic (exact) mass is 207 g/mol. The van der Waals surface area contributed by atoms with Crippen LogP contribution in [0.4, 0.5) is 0 Å². The predicted octanol–water partition coefficient (Wildman–Crippen LogP) is 1.95. The van der Waals surface area contributed by atoms with Crippen LogP contribution in [0.2, 0.25) is 0 Å². The highest BCUT2D eigenvalue weighted by atomic mass is 16.5. The van der Waals surface area contributed by atoms with E-state index in [1.165, 1.54) is 0 Å². The SMILES string of the molecule is CC(C)c1noc(CN2CC=CCC2)n1. The van der Waals surface area contributed by atoms with Crippen molar-refractivity contribution < 1.29 is 4.52 Å². The third-order valence-corrected chi connectivity index (χ3v) is 2.50. The van der Waals surface area contributed by atoms with E-state index in [1.54, 1.807) is 0 Å². The van der Waals surface area contributed by atoms with E-state index >= 15 is 0 Å². The smallest absolute Gasteiger partial charge is 0.240 e. The third kappa shape index (κ3) is 2.65. The van der Waals surface area contributed by atoms with Gasteiger partial charge in [0, 0.05) is 19.0 Å². The van der Waals surface area contributed by atoms with Crippen molar-refractivity contribution in [1.29, 1.82) is 0 Å². The molecule has 1 aliphatic heterocycles. The summed E-state index contributed by atoms with van der Waals surface area (Å²) in [4.78, 5) is 6.66. The molecule has 4 nitrogen and oxygen atoms in total. The Hall–Kier alpha value is -1.16. The summed E-state index contributed by atoms with van der Waals surface area (Å²) in [7, 11) is 0. The van der Waals surface area contributed by atoms with Gasteiger partial charge in [-0.15, -0.1) is 0 Å². The Morgan fingerprint density at radius 3 is 2.93 bits per heavy atom. The molecule has 0 atom stereocenters. The summed E-state index contributed by atoms with van der Waals surface area (Å²) >= 11 is 0. The third-order valence-electron chi connectivity index (χ3n) is 2.50. The maximum absolute atomic E-state index is 5.20. The van der Waals surface area contributed by atoms with Crippen LogP contribution in [0.1, 0.15) is 37.9 Å². The Kier molecular flexibility index (Phi) is 3.16. The molecular formula is C11H17N3O. The fourth-order valence-corrected chi connectivity index (χ4v) is 1.59. The van der Waals surface area contributed by atoms with Crippen molar-refractivity contribution in [3.8, 4) is 0 Å². The average molecular weight is 207 g/mol. The van der Waals surface area contributed by atoms with E-state index in [0.717, 1.165) is 37.8 Å². The summed E-state index contributed by atoms with van der Waals surface area (Å²) < 4.78 is 5.20. The first-order valence-corrected chi connectivity index (χ1v) is 5.45. The van der Waals surface area contributed by atoms with Gasteiger partial charge in [-0.25, -0.2) is 0 Å². The number of hydrogen-bond donors (Lipinski definition) is 0. The van der Waals surface area contributed by atoms with Gasteiger partial charge in [-0.2, -0.15) is 4.98 Å². The second-order valence-corrected chi connectivity index (χ2v) is 4.20. The average Bonchev–Trinajstić information content (AvgIpc) is 2.68. The lowest BCUT2D eigenvalue weighted by Gasteiger charge is -2.20. The van der Waals surface area contributed by atoms with Crippen molar-refractivity contribution in [2.24, 2.45) is 0 Å². The van der Waals surface area contributed by atoms with Crippen molar-refractivity contribution >= 4 is 0 Å². The standard InChI is InChI=1S/C11H17N3O/c1-9(2)11-12-10(15-13-11)8-14-6-4-3-5-7-14/h3-4,9H,5-8H2,1-2H3. The van der Waals surface area contributed by atoms with Gasteiger partial charge in [-0.3, -0.25) is 4.90 Å². The highest BCUT2D eigenvalue weighted by Crippen LogP contribution is 2.12. The maximum Gasteiger partial charge on any atom is 0.240 e. The van der Waals surface area contributed by atoms with E-state index in [9.17, 15) is 0 Å². The summed E-state index contributed by atoms with van der Waals surface area (Å²) in [6.45, 7) is 6.97. The molecule has 0 radical (unpaired) electrons. The summed E-state index contributed by atoms with van der Waals surface area (Å²) in [6.07, 6.45) is 5.51. The Balaban J connectivity index is 1.95. The van der Waals surface area contributed by atoms with Crippen molar-refractivity contribution in [2.75, 3.05) is 13.1 Å². The topological polar surface area (TPSA) is 42.2 Å². The molecule has 0 aliphatic carbocycles. The van der Waals surface area contributed by atoms with E-state index in [0.29, 0.717) is 5.92 Å². The first kappa shape index (κ1) is 10.4. The fraction of sp³-hybridized carbons (Fsp3) is 0.636. The van der Waals surface area contributed by atoms with Crippen molar-refractivity contribution in [3.63, 3.8) is 0 Å². The van der Waals surface area contributed by atoms with Crippen LogP contribution in [-0.4, -0.2) is 28.1 Å². The lowest BCUT2D eigenvalue weighted by molar-refractivity contribution is 0.243. The van der Waals surface area contributed by atoms with Crippen molar-refractivity contribution in [3.05, 3.63) is 23.9 Å². The summed E-state index contributed by atoms with van der Waals surface area (Å²) in [5, 5.41) is 3.95. The number of hydrogen-bond acceptors (Lipinski definition) is 4. The lowest BCUT2D eigenvalue weighted by atomic mass is 10.2. The Morgan fingerprint density at radius 1 is 1.47 bits per heavy atom. The van der Waals surface area contributed by atoms with Crippen LogP contribution in [0.25, 0.3) is 0 Å². The van der Waals surface area contributed by atoms with E-state index in [1.807, 2.05) is 0 Å². The van der Waals surface area contributed by atoms with E-state index in [-0.39, 0.29) is 0 Å². The first-order valence-electron chi connectivity index (χ1n) is 5.45. The summed E-state index contributed by atoms with van der Waals surface area (Å²) in [5.74, 6) is 1.87. The maximum atomic E-state index is 5.20. The van der Waals surface area contributed by atoms with Gasteiger partial charge >= 0.3 is 0 Å². The molecule has 2 rings (SSSR count). The lowest BCUT2D eigenvalue weighted by Crippen LogP contribution is -2.26. The molecule has 0 saturated carbocycles. The molecule has 0 N–H and O–H groups in total. The van der Waals surface area contributed by atoms with Gasteiger partial charge in [0.1, 0.15) is 0 Å². The Labute approximate surface area is 90.0 Å². The van der Waals surface area contributed by atoms with Gasteiger partial charge < -0.3 is 4.52 Å². The van der Waals surface area contributed by atoms with Crippen LogP contribution in [0.5, 0.6) is 0 Å². The zero-order valence-electron chi connectivity index (χ0n) is 9.31. The van der Waals surface area contributed by atoms with E-state index in [4.69, 9.17) is 4.52 Å². The molecule has 0 bridgehead atoms. The largest absolute Gasteiger partial charge is 0.338 e. The minimum atomic E-state index is 0.337. The van der Waals surface area contributed by atoms with Gasteiger partial charge in [0.2, 0.25) is 5.89 Å². The highest BCUT2D eigenvalue weighted by Gasteiger charge is 2.13. The Morgan fingerprint density at radius 2 is 2.33 bits per heavy atom. The molecule has 0 amide bonds. The molecule has 82 valence electrons. The van der Waals surface area contributed by atoms with Crippen LogP contribution >= 0.6 is 0 Å². The zero-order valence-corrected chi connectivity index (χ0v) is 9.31. The first-order chi connectivity index (χ1) is 7.25. The molecule has 0 unspecified atom stereocenters. The minimum absolute atomic E-state index is 0.337. The number of nitrogens with zero attached hydrogens (tertiary/aromatic N) is 3. The number of aromatic nitrogens is 2. The van der Waals surface area contributed by atoms with E-state index in [2.05, 4.69) is 41.0 Å².